The monoisotopic (exact) mass is 222 g/mol. The van der Waals surface area contributed by atoms with Gasteiger partial charge in [0.2, 0.25) is 0 Å². The standard InChI is InChI=1S/C12H18N2O2/c1-16-12(15)7-4-8-14-9-13-10-5-2-3-6-11(10)14/h9H,2-8H2,1H3. The van der Waals surface area contributed by atoms with Gasteiger partial charge in [-0.1, -0.05) is 0 Å². The van der Waals surface area contributed by atoms with Crippen LogP contribution in [0.2, 0.25) is 0 Å². The van der Waals surface area contributed by atoms with E-state index in [4.69, 9.17) is 0 Å². The minimum absolute atomic E-state index is 0.131. The molecular formula is C12H18N2O2. The molecule has 0 aliphatic heterocycles. The van der Waals surface area contributed by atoms with E-state index in [-0.39, 0.29) is 5.97 Å². The summed E-state index contributed by atoms with van der Waals surface area (Å²) in [4.78, 5) is 15.4. The minimum atomic E-state index is -0.131. The number of fused-ring (bicyclic) bond motifs is 1. The molecule has 0 amide bonds. The molecule has 0 bridgehead atoms. The van der Waals surface area contributed by atoms with E-state index in [1.807, 2.05) is 6.33 Å². The fourth-order valence-corrected chi connectivity index (χ4v) is 2.22. The van der Waals surface area contributed by atoms with E-state index in [0.29, 0.717) is 6.42 Å². The normalized spacial score (nSPS) is 14.6. The van der Waals surface area contributed by atoms with Crippen LogP contribution in [0.1, 0.15) is 37.1 Å². The van der Waals surface area contributed by atoms with Crippen LogP contribution in [0.5, 0.6) is 0 Å². The molecule has 1 aliphatic rings. The first-order valence-electron chi connectivity index (χ1n) is 5.91. The number of hydrogen-bond donors (Lipinski definition) is 0. The molecule has 1 heterocycles. The first kappa shape index (κ1) is 11.2. The van der Waals surface area contributed by atoms with Gasteiger partial charge in [-0.25, -0.2) is 4.98 Å². The van der Waals surface area contributed by atoms with Crippen molar-refractivity contribution >= 4 is 5.97 Å². The molecule has 0 aromatic carbocycles. The van der Waals surface area contributed by atoms with Crippen LogP contribution in [-0.2, 0) is 28.9 Å². The highest BCUT2D eigenvalue weighted by Gasteiger charge is 2.14. The van der Waals surface area contributed by atoms with Crippen molar-refractivity contribution in [2.75, 3.05) is 7.11 Å². The summed E-state index contributed by atoms with van der Waals surface area (Å²) in [5, 5.41) is 0. The van der Waals surface area contributed by atoms with E-state index in [2.05, 4.69) is 14.3 Å². The highest BCUT2D eigenvalue weighted by Crippen LogP contribution is 2.20. The maximum atomic E-state index is 11.0. The largest absolute Gasteiger partial charge is 0.469 e. The number of aromatic nitrogens is 2. The van der Waals surface area contributed by atoms with E-state index in [9.17, 15) is 4.79 Å². The smallest absolute Gasteiger partial charge is 0.305 e. The van der Waals surface area contributed by atoms with Crippen molar-refractivity contribution in [2.24, 2.45) is 0 Å². The van der Waals surface area contributed by atoms with Gasteiger partial charge in [-0.3, -0.25) is 4.79 Å². The van der Waals surface area contributed by atoms with Gasteiger partial charge in [0.15, 0.2) is 0 Å². The predicted octanol–water partition coefficient (Wildman–Crippen LogP) is 1.72. The SMILES string of the molecule is COC(=O)CCCn1cnc2c1CCCC2. The van der Waals surface area contributed by atoms with E-state index in [1.165, 1.54) is 31.3 Å². The third kappa shape index (κ3) is 2.43. The first-order chi connectivity index (χ1) is 7.81. The molecule has 4 heteroatoms. The highest BCUT2D eigenvalue weighted by molar-refractivity contribution is 5.68. The van der Waals surface area contributed by atoms with E-state index in [0.717, 1.165) is 25.8 Å². The second-order valence-electron chi connectivity index (χ2n) is 4.22. The first-order valence-corrected chi connectivity index (χ1v) is 5.91. The van der Waals surface area contributed by atoms with Crippen LogP contribution in [-0.4, -0.2) is 22.6 Å². The Hall–Kier alpha value is -1.32. The zero-order valence-corrected chi connectivity index (χ0v) is 9.74. The summed E-state index contributed by atoms with van der Waals surface area (Å²) in [5.41, 5.74) is 2.63. The predicted molar refractivity (Wildman–Crippen MR) is 60.1 cm³/mol. The van der Waals surface area contributed by atoms with Gasteiger partial charge >= 0.3 is 5.97 Å². The number of esters is 1. The maximum absolute atomic E-state index is 11.0. The van der Waals surface area contributed by atoms with Gasteiger partial charge < -0.3 is 9.30 Å². The average Bonchev–Trinajstić information content (AvgIpc) is 2.73. The molecule has 1 aliphatic carbocycles. The van der Waals surface area contributed by atoms with Crippen LogP contribution in [0.25, 0.3) is 0 Å². The van der Waals surface area contributed by atoms with Gasteiger partial charge in [-0.2, -0.15) is 0 Å². The third-order valence-electron chi connectivity index (χ3n) is 3.12. The highest BCUT2D eigenvalue weighted by atomic mass is 16.5. The number of methoxy groups -OCH3 is 1. The summed E-state index contributed by atoms with van der Waals surface area (Å²) < 4.78 is 6.81. The fraction of sp³-hybridized carbons (Fsp3) is 0.667. The van der Waals surface area contributed by atoms with Crippen molar-refractivity contribution in [1.82, 2.24) is 9.55 Å². The number of carbonyl (C=O) groups is 1. The van der Waals surface area contributed by atoms with Gasteiger partial charge in [0.05, 0.1) is 19.1 Å². The topological polar surface area (TPSA) is 44.1 Å². The molecule has 0 radical (unpaired) electrons. The van der Waals surface area contributed by atoms with Gasteiger partial charge in [-0.15, -0.1) is 0 Å². The Labute approximate surface area is 95.6 Å². The Balaban J connectivity index is 1.89. The summed E-state index contributed by atoms with van der Waals surface area (Å²) in [6, 6.07) is 0. The third-order valence-corrected chi connectivity index (χ3v) is 3.12. The minimum Gasteiger partial charge on any atom is -0.469 e. The number of rotatable bonds is 4. The van der Waals surface area contributed by atoms with Crippen LogP contribution in [0, 0.1) is 0 Å². The number of nitrogens with zero attached hydrogens (tertiary/aromatic N) is 2. The van der Waals surface area contributed by atoms with Crippen molar-refractivity contribution in [3.8, 4) is 0 Å². The second-order valence-corrected chi connectivity index (χ2v) is 4.22. The molecule has 88 valence electrons. The second kappa shape index (κ2) is 5.14. The molecule has 1 aromatic heterocycles. The molecule has 0 atom stereocenters. The molecule has 0 saturated heterocycles. The van der Waals surface area contributed by atoms with E-state index < -0.39 is 0 Å². The molecule has 1 aromatic rings. The van der Waals surface area contributed by atoms with Crippen molar-refractivity contribution in [3.05, 3.63) is 17.7 Å². The van der Waals surface area contributed by atoms with Gasteiger partial charge in [0.25, 0.3) is 0 Å². The van der Waals surface area contributed by atoms with E-state index in [1.54, 1.807) is 0 Å². The van der Waals surface area contributed by atoms with E-state index >= 15 is 0 Å². The number of aryl methyl sites for hydroxylation is 2. The number of hydrogen-bond acceptors (Lipinski definition) is 3. The lowest BCUT2D eigenvalue weighted by atomic mass is 10.0. The lowest BCUT2D eigenvalue weighted by Gasteiger charge is -2.13. The lowest BCUT2D eigenvalue weighted by molar-refractivity contribution is -0.140. The van der Waals surface area contributed by atoms with Gasteiger partial charge in [0.1, 0.15) is 0 Å². The summed E-state index contributed by atoms with van der Waals surface area (Å²) in [6.45, 7) is 0.872. The number of ether oxygens (including phenoxy) is 1. The molecule has 16 heavy (non-hydrogen) atoms. The quantitative estimate of drug-likeness (QED) is 0.728. The summed E-state index contributed by atoms with van der Waals surface area (Å²) in [5.74, 6) is -0.131. The lowest BCUT2D eigenvalue weighted by Crippen LogP contribution is -2.09. The van der Waals surface area contributed by atoms with Crippen molar-refractivity contribution in [3.63, 3.8) is 0 Å². The average molecular weight is 222 g/mol. The van der Waals surface area contributed by atoms with Crippen LogP contribution in [0.15, 0.2) is 6.33 Å². The number of carbonyl (C=O) groups excluding carboxylic acids is 1. The van der Waals surface area contributed by atoms with Crippen molar-refractivity contribution in [1.29, 1.82) is 0 Å². The summed E-state index contributed by atoms with van der Waals surface area (Å²) in [7, 11) is 1.43. The Bertz CT molecular complexity index is 371. The molecule has 4 nitrogen and oxygen atoms in total. The zero-order chi connectivity index (χ0) is 11.4. The molecule has 0 spiro atoms. The fourth-order valence-electron chi connectivity index (χ4n) is 2.22. The maximum Gasteiger partial charge on any atom is 0.305 e. The molecule has 2 rings (SSSR count). The Kier molecular flexibility index (Phi) is 3.59. The molecule has 0 N–H and O–H groups in total. The Morgan fingerprint density at radius 1 is 1.50 bits per heavy atom. The van der Waals surface area contributed by atoms with Crippen molar-refractivity contribution in [2.45, 2.75) is 45.1 Å². The van der Waals surface area contributed by atoms with Crippen LogP contribution >= 0.6 is 0 Å². The summed E-state index contributed by atoms with van der Waals surface area (Å²) >= 11 is 0. The number of imidazole rings is 1. The van der Waals surface area contributed by atoms with Crippen LogP contribution in [0.3, 0.4) is 0 Å². The molecule has 0 unspecified atom stereocenters. The zero-order valence-electron chi connectivity index (χ0n) is 9.74. The molecule has 0 saturated carbocycles. The molecular weight excluding hydrogens is 204 g/mol. The Morgan fingerprint density at radius 3 is 3.12 bits per heavy atom. The van der Waals surface area contributed by atoms with Crippen molar-refractivity contribution < 1.29 is 9.53 Å². The Morgan fingerprint density at radius 2 is 2.31 bits per heavy atom. The summed E-state index contributed by atoms with van der Waals surface area (Å²) in [6.07, 6.45) is 7.99. The van der Waals surface area contributed by atoms with Crippen LogP contribution in [0.4, 0.5) is 0 Å². The van der Waals surface area contributed by atoms with Gasteiger partial charge in [0, 0.05) is 18.7 Å². The van der Waals surface area contributed by atoms with Gasteiger partial charge in [-0.05, 0) is 32.1 Å². The molecule has 0 fully saturated rings. The van der Waals surface area contributed by atoms with Crippen LogP contribution < -0.4 is 0 Å².